The van der Waals surface area contributed by atoms with Gasteiger partial charge in [-0.2, -0.15) is 0 Å². The number of ether oxygens (including phenoxy) is 1. The Morgan fingerprint density at radius 2 is 1.41 bits per heavy atom. The zero-order valence-corrected chi connectivity index (χ0v) is 27.2. The molecule has 1 aromatic carbocycles. The Kier molecular flexibility index (Phi) is 19.4. The van der Waals surface area contributed by atoms with E-state index in [9.17, 15) is 0 Å². The van der Waals surface area contributed by atoms with Crippen LogP contribution in [0.2, 0.25) is 0 Å². The van der Waals surface area contributed by atoms with E-state index in [-0.39, 0.29) is 0 Å². The minimum atomic E-state index is 0.427. The minimum Gasteiger partial charge on any atom is -0.516 e. The van der Waals surface area contributed by atoms with Crippen molar-refractivity contribution in [3.63, 3.8) is 0 Å². The highest BCUT2D eigenvalue weighted by Gasteiger charge is 2.25. The fraction of sp³-hybridized carbons (Fsp3) is 0.778. The molecule has 3 nitrogen and oxygen atoms in total. The maximum atomic E-state index is 7.33. The molecule has 0 bridgehead atoms. The van der Waals surface area contributed by atoms with Gasteiger partial charge in [-0.05, 0) is 119 Å². The molecule has 1 aromatic rings. The molecule has 0 saturated heterocycles. The van der Waals surface area contributed by atoms with Crippen LogP contribution in [-0.4, -0.2) is 35.7 Å². The van der Waals surface area contributed by atoms with E-state index in [0.29, 0.717) is 6.10 Å². The molecule has 0 aromatic heterocycles. The third-order valence-corrected chi connectivity index (χ3v) is 8.89. The molecule has 39 heavy (non-hydrogen) atoms. The van der Waals surface area contributed by atoms with Crippen LogP contribution >= 0.6 is 0 Å². The smallest absolute Gasteiger partial charge is 0.126 e. The number of fused-ring (bicyclic) bond motifs is 1. The van der Waals surface area contributed by atoms with Crippen LogP contribution in [0.25, 0.3) is 0 Å². The summed E-state index contributed by atoms with van der Waals surface area (Å²) in [4.78, 5) is 2.54. The number of aliphatic hydroxyl groups is 1. The quantitative estimate of drug-likeness (QED) is 0.139. The Bertz CT molecular complexity index is 781. The molecular formula is C36H65NO2. The maximum absolute atomic E-state index is 7.33. The summed E-state index contributed by atoms with van der Waals surface area (Å²) in [5.41, 5.74) is 7.54. The van der Waals surface area contributed by atoms with Gasteiger partial charge in [0.25, 0.3) is 0 Å². The van der Waals surface area contributed by atoms with Crippen LogP contribution in [0, 0.1) is 26.7 Å². The molecule has 3 heteroatoms. The van der Waals surface area contributed by atoms with Crippen molar-refractivity contribution in [1.29, 1.82) is 0 Å². The van der Waals surface area contributed by atoms with Crippen LogP contribution in [0.1, 0.15) is 145 Å². The monoisotopic (exact) mass is 544 g/mol. The lowest BCUT2D eigenvalue weighted by atomic mass is 9.85. The first-order valence-electron chi connectivity index (χ1n) is 16.6. The van der Waals surface area contributed by atoms with E-state index < -0.39 is 0 Å². The van der Waals surface area contributed by atoms with Crippen molar-refractivity contribution in [3.05, 3.63) is 40.7 Å². The molecule has 0 saturated carbocycles. The van der Waals surface area contributed by atoms with Gasteiger partial charge in [-0.1, -0.05) is 92.1 Å². The van der Waals surface area contributed by atoms with Crippen LogP contribution in [0.4, 0.5) is 0 Å². The Labute approximate surface area is 243 Å². The second kappa shape index (κ2) is 21.3. The zero-order chi connectivity index (χ0) is 29.0. The summed E-state index contributed by atoms with van der Waals surface area (Å²) in [5, 5.41) is 7.33. The van der Waals surface area contributed by atoms with Gasteiger partial charge in [-0.3, -0.25) is 0 Å². The molecular weight excluding hydrogens is 478 g/mol. The fourth-order valence-corrected chi connectivity index (χ4v) is 6.17. The van der Waals surface area contributed by atoms with Gasteiger partial charge in [0, 0.05) is 0 Å². The second-order valence-corrected chi connectivity index (χ2v) is 12.3. The lowest BCUT2D eigenvalue weighted by Gasteiger charge is -2.31. The number of rotatable bonds is 19. The number of hydrogen-bond donors (Lipinski definition) is 1. The predicted octanol–water partition coefficient (Wildman–Crippen LogP) is 10.6. The van der Waals surface area contributed by atoms with E-state index in [1.54, 1.807) is 5.56 Å². The van der Waals surface area contributed by atoms with Crippen LogP contribution in [0.3, 0.4) is 0 Å². The number of benzene rings is 1. The van der Waals surface area contributed by atoms with E-state index in [0.717, 1.165) is 12.2 Å². The molecule has 1 aliphatic rings. The number of unbranched alkanes of at least 4 members (excludes halogenated alkanes) is 9. The minimum absolute atomic E-state index is 0.427. The fourth-order valence-electron chi connectivity index (χ4n) is 6.17. The number of nitrogens with zero attached hydrogens (tertiary/aromatic N) is 1. The molecule has 226 valence electrons. The topological polar surface area (TPSA) is 32.7 Å². The molecule has 1 atom stereocenters. The van der Waals surface area contributed by atoms with Crippen LogP contribution < -0.4 is 4.74 Å². The van der Waals surface area contributed by atoms with E-state index >= 15 is 0 Å². The van der Waals surface area contributed by atoms with Crippen molar-refractivity contribution in [3.8, 4) is 5.75 Å². The summed E-state index contributed by atoms with van der Waals surface area (Å²) in [7, 11) is 0. The van der Waals surface area contributed by atoms with Crippen molar-refractivity contribution in [1.82, 2.24) is 4.90 Å². The highest BCUT2D eigenvalue weighted by Crippen LogP contribution is 2.39. The Morgan fingerprint density at radius 1 is 0.846 bits per heavy atom. The van der Waals surface area contributed by atoms with Crippen molar-refractivity contribution in [2.24, 2.45) is 5.92 Å². The standard InChI is InChI=1S/C34H61NO.C2H4O/c1-8-35(9-2)26-20-19-23-32-28(5)29(6)34-33(30(32)7)25-24-31(36-34)22-18-16-14-12-10-11-13-15-17-21-27(3)4;1-2-3/h27,31H,8-26H2,1-7H3;2-3H,1H2. The van der Waals surface area contributed by atoms with Crippen molar-refractivity contribution in [2.75, 3.05) is 19.6 Å². The predicted molar refractivity (Wildman–Crippen MR) is 173 cm³/mol. The Hall–Kier alpha value is -1.48. The molecule has 0 fully saturated rings. The summed E-state index contributed by atoms with van der Waals surface area (Å²) in [6, 6.07) is 0. The molecule has 1 unspecified atom stereocenters. The lowest BCUT2D eigenvalue weighted by molar-refractivity contribution is 0.158. The normalized spacial score (nSPS) is 14.6. The van der Waals surface area contributed by atoms with Crippen molar-refractivity contribution in [2.45, 2.75) is 157 Å². The van der Waals surface area contributed by atoms with Gasteiger partial charge in [0.05, 0.1) is 12.4 Å². The van der Waals surface area contributed by atoms with Crippen LogP contribution in [0.15, 0.2) is 12.8 Å². The Balaban J connectivity index is 0.00000242. The van der Waals surface area contributed by atoms with Gasteiger partial charge >= 0.3 is 0 Å². The molecule has 0 amide bonds. The van der Waals surface area contributed by atoms with Crippen molar-refractivity contribution < 1.29 is 9.84 Å². The average molecular weight is 544 g/mol. The first kappa shape index (κ1) is 35.5. The van der Waals surface area contributed by atoms with Gasteiger partial charge < -0.3 is 14.7 Å². The molecule has 0 aliphatic carbocycles. The second-order valence-electron chi connectivity index (χ2n) is 12.3. The lowest BCUT2D eigenvalue weighted by Crippen LogP contribution is -2.25. The molecule has 0 radical (unpaired) electrons. The molecule has 1 heterocycles. The Morgan fingerprint density at radius 3 is 1.97 bits per heavy atom. The molecule has 0 spiro atoms. The molecule has 2 rings (SSSR count). The largest absolute Gasteiger partial charge is 0.516 e. The maximum Gasteiger partial charge on any atom is 0.126 e. The van der Waals surface area contributed by atoms with E-state index in [1.165, 1.54) is 150 Å². The first-order chi connectivity index (χ1) is 18.8. The summed E-state index contributed by atoms with van der Waals surface area (Å²) in [6.45, 7) is 22.7. The van der Waals surface area contributed by atoms with Gasteiger partial charge in [0.1, 0.15) is 5.75 Å². The first-order valence-corrected chi connectivity index (χ1v) is 16.6. The molecule has 1 aliphatic heterocycles. The van der Waals surface area contributed by atoms with Gasteiger partial charge in [0.15, 0.2) is 0 Å². The summed E-state index contributed by atoms with van der Waals surface area (Å²) < 4.78 is 6.66. The van der Waals surface area contributed by atoms with Crippen LogP contribution in [0.5, 0.6) is 5.75 Å². The van der Waals surface area contributed by atoms with Crippen molar-refractivity contribution >= 4 is 0 Å². The van der Waals surface area contributed by atoms with E-state index in [2.05, 4.69) is 59.9 Å². The summed E-state index contributed by atoms with van der Waals surface area (Å²) >= 11 is 0. The number of aliphatic hydroxyl groups excluding tert-OH is 1. The third-order valence-electron chi connectivity index (χ3n) is 8.89. The SMILES string of the molecule is C=CO.CCN(CC)CCCCc1c(C)c(C)c2c(c1C)CCC(CCCCCCCCCCCC(C)C)O2. The van der Waals surface area contributed by atoms with E-state index in [4.69, 9.17) is 9.84 Å². The van der Waals surface area contributed by atoms with E-state index in [1.807, 2.05) is 0 Å². The van der Waals surface area contributed by atoms with Crippen LogP contribution in [-0.2, 0) is 12.8 Å². The zero-order valence-electron chi connectivity index (χ0n) is 27.2. The third kappa shape index (κ3) is 13.6. The van der Waals surface area contributed by atoms with Gasteiger partial charge in [-0.25, -0.2) is 0 Å². The highest BCUT2D eigenvalue weighted by molar-refractivity contribution is 5.55. The van der Waals surface area contributed by atoms with Gasteiger partial charge in [0.2, 0.25) is 0 Å². The summed E-state index contributed by atoms with van der Waals surface area (Å²) in [6.07, 6.45) is 22.8. The summed E-state index contributed by atoms with van der Waals surface area (Å²) in [5.74, 6) is 2.12. The van der Waals surface area contributed by atoms with Gasteiger partial charge in [-0.15, -0.1) is 0 Å². The highest BCUT2D eigenvalue weighted by atomic mass is 16.5. The average Bonchev–Trinajstić information content (AvgIpc) is 2.92. The number of hydrogen-bond acceptors (Lipinski definition) is 3. The molecule has 1 N–H and O–H groups in total.